The number of hydrogen-bond donors (Lipinski definition) is 1. The standard InChI is InChI=1S/C20H23ClN4O2/c1-12-17(11-15-6-5-7-16(21)10-15)14(3)25-19(23-12)18(13(2)24-25)20(26)22-8-9-27-4/h5-7,10H,8-9,11H2,1-4H3,(H,22,26). The van der Waals surface area contributed by atoms with Gasteiger partial charge in [0.2, 0.25) is 0 Å². The lowest BCUT2D eigenvalue weighted by molar-refractivity contribution is 0.0938. The van der Waals surface area contributed by atoms with Gasteiger partial charge in [-0.25, -0.2) is 9.50 Å². The molecule has 0 radical (unpaired) electrons. The van der Waals surface area contributed by atoms with Crippen LogP contribution in [0.25, 0.3) is 5.65 Å². The highest BCUT2D eigenvalue weighted by Crippen LogP contribution is 2.23. The van der Waals surface area contributed by atoms with Crippen molar-refractivity contribution in [2.75, 3.05) is 20.3 Å². The summed E-state index contributed by atoms with van der Waals surface area (Å²) >= 11 is 6.11. The molecule has 6 nitrogen and oxygen atoms in total. The van der Waals surface area contributed by atoms with Gasteiger partial charge < -0.3 is 10.1 Å². The van der Waals surface area contributed by atoms with Crippen molar-refractivity contribution in [1.82, 2.24) is 19.9 Å². The first-order valence-corrected chi connectivity index (χ1v) is 9.17. The van der Waals surface area contributed by atoms with E-state index in [9.17, 15) is 4.79 Å². The van der Waals surface area contributed by atoms with E-state index in [0.717, 1.165) is 22.5 Å². The Morgan fingerprint density at radius 2 is 2.04 bits per heavy atom. The largest absolute Gasteiger partial charge is 0.383 e. The third-order valence-corrected chi connectivity index (χ3v) is 4.82. The number of halogens is 1. The Morgan fingerprint density at radius 3 is 2.74 bits per heavy atom. The van der Waals surface area contributed by atoms with Crippen LogP contribution in [0.5, 0.6) is 0 Å². The molecule has 0 aliphatic heterocycles. The number of ether oxygens (including phenoxy) is 1. The molecule has 2 aromatic heterocycles. The van der Waals surface area contributed by atoms with Gasteiger partial charge in [-0.3, -0.25) is 4.79 Å². The molecule has 0 spiro atoms. The summed E-state index contributed by atoms with van der Waals surface area (Å²) < 4.78 is 6.74. The van der Waals surface area contributed by atoms with Crippen molar-refractivity contribution in [1.29, 1.82) is 0 Å². The third-order valence-electron chi connectivity index (χ3n) is 4.59. The smallest absolute Gasteiger partial charge is 0.257 e. The van der Waals surface area contributed by atoms with Gasteiger partial charge in [0.25, 0.3) is 5.91 Å². The maximum absolute atomic E-state index is 12.6. The van der Waals surface area contributed by atoms with Crippen LogP contribution in [0, 0.1) is 20.8 Å². The van der Waals surface area contributed by atoms with Crippen LogP contribution >= 0.6 is 11.6 Å². The molecule has 3 aromatic rings. The molecule has 0 unspecified atom stereocenters. The number of nitrogens with zero attached hydrogens (tertiary/aromatic N) is 3. The lowest BCUT2D eigenvalue weighted by Crippen LogP contribution is -2.27. The summed E-state index contributed by atoms with van der Waals surface area (Å²) in [6.07, 6.45) is 0.704. The van der Waals surface area contributed by atoms with E-state index in [1.165, 1.54) is 0 Å². The molecule has 0 fully saturated rings. The number of amides is 1. The number of carbonyl (C=O) groups is 1. The summed E-state index contributed by atoms with van der Waals surface area (Å²) in [4.78, 5) is 17.3. The highest BCUT2D eigenvalue weighted by molar-refractivity contribution is 6.30. The van der Waals surface area contributed by atoms with Crippen LogP contribution in [-0.4, -0.2) is 40.8 Å². The Morgan fingerprint density at radius 1 is 1.26 bits per heavy atom. The first-order valence-electron chi connectivity index (χ1n) is 8.79. The molecular formula is C20H23ClN4O2. The molecule has 0 atom stereocenters. The summed E-state index contributed by atoms with van der Waals surface area (Å²) in [7, 11) is 1.60. The van der Waals surface area contributed by atoms with Gasteiger partial charge in [0.05, 0.1) is 12.3 Å². The highest BCUT2D eigenvalue weighted by Gasteiger charge is 2.21. The first kappa shape index (κ1) is 19.3. The first-order chi connectivity index (χ1) is 12.9. The molecule has 0 saturated carbocycles. The topological polar surface area (TPSA) is 68.5 Å². The second kappa shape index (κ2) is 8.06. The molecule has 0 aliphatic carbocycles. The van der Waals surface area contributed by atoms with E-state index in [0.29, 0.717) is 41.5 Å². The fourth-order valence-corrected chi connectivity index (χ4v) is 3.41. The van der Waals surface area contributed by atoms with Crippen molar-refractivity contribution in [2.24, 2.45) is 0 Å². The Labute approximate surface area is 163 Å². The van der Waals surface area contributed by atoms with E-state index in [1.54, 1.807) is 11.6 Å². The van der Waals surface area contributed by atoms with Gasteiger partial charge in [0.1, 0.15) is 5.56 Å². The number of benzene rings is 1. The zero-order valence-corrected chi connectivity index (χ0v) is 16.7. The zero-order chi connectivity index (χ0) is 19.6. The molecular weight excluding hydrogens is 364 g/mol. The van der Waals surface area contributed by atoms with Crippen molar-refractivity contribution < 1.29 is 9.53 Å². The van der Waals surface area contributed by atoms with Crippen molar-refractivity contribution >= 4 is 23.2 Å². The summed E-state index contributed by atoms with van der Waals surface area (Å²) in [5.74, 6) is -0.187. The average Bonchev–Trinajstić information content (AvgIpc) is 2.95. The van der Waals surface area contributed by atoms with Gasteiger partial charge in [0, 0.05) is 36.5 Å². The predicted octanol–water partition coefficient (Wildman–Crippen LogP) is 3.27. The van der Waals surface area contributed by atoms with Crippen LogP contribution in [0.4, 0.5) is 0 Å². The number of aromatic nitrogens is 3. The lowest BCUT2D eigenvalue weighted by atomic mass is 10.0. The fourth-order valence-electron chi connectivity index (χ4n) is 3.20. The molecule has 1 amide bonds. The molecule has 142 valence electrons. The molecule has 7 heteroatoms. The quantitative estimate of drug-likeness (QED) is 0.660. The minimum absolute atomic E-state index is 0.187. The van der Waals surface area contributed by atoms with Gasteiger partial charge in [0.15, 0.2) is 5.65 Å². The molecule has 3 rings (SSSR count). The molecule has 0 bridgehead atoms. The normalized spacial score (nSPS) is 11.1. The molecule has 1 N–H and O–H groups in total. The Hall–Kier alpha value is -2.44. The van der Waals surface area contributed by atoms with Crippen LogP contribution in [-0.2, 0) is 11.2 Å². The summed E-state index contributed by atoms with van der Waals surface area (Å²) in [5, 5.41) is 8.12. The molecule has 2 heterocycles. The molecule has 27 heavy (non-hydrogen) atoms. The van der Waals surface area contributed by atoms with E-state index < -0.39 is 0 Å². The predicted molar refractivity (Wildman–Crippen MR) is 106 cm³/mol. The van der Waals surface area contributed by atoms with Crippen molar-refractivity contribution in [2.45, 2.75) is 27.2 Å². The second-order valence-electron chi connectivity index (χ2n) is 6.51. The van der Waals surface area contributed by atoms with Crippen LogP contribution in [0.1, 0.15) is 38.6 Å². The summed E-state index contributed by atoms with van der Waals surface area (Å²) in [6, 6.07) is 7.79. The van der Waals surface area contributed by atoms with Crippen LogP contribution in [0.2, 0.25) is 5.02 Å². The molecule has 1 aromatic carbocycles. The molecule has 0 saturated heterocycles. The van der Waals surface area contributed by atoms with Crippen molar-refractivity contribution in [3.05, 3.63) is 63.1 Å². The Kier molecular flexibility index (Phi) is 5.77. The van der Waals surface area contributed by atoms with E-state index in [1.807, 2.05) is 45.0 Å². The Bertz CT molecular complexity index is 997. The van der Waals surface area contributed by atoms with Gasteiger partial charge in [-0.15, -0.1) is 0 Å². The van der Waals surface area contributed by atoms with Crippen LogP contribution < -0.4 is 5.32 Å². The number of fused-ring (bicyclic) bond motifs is 1. The maximum atomic E-state index is 12.6. The zero-order valence-electron chi connectivity index (χ0n) is 16.0. The van der Waals surface area contributed by atoms with E-state index >= 15 is 0 Å². The van der Waals surface area contributed by atoms with E-state index in [4.69, 9.17) is 21.3 Å². The minimum Gasteiger partial charge on any atom is -0.383 e. The third kappa shape index (κ3) is 3.96. The minimum atomic E-state index is -0.187. The SMILES string of the molecule is COCCNC(=O)c1c(C)nn2c(C)c(Cc3cccc(Cl)c3)c(C)nc12. The van der Waals surface area contributed by atoms with Crippen molar-refractivity contribution in [3.63, 3.8) is 0 Å². The lowest BCUT2D eigenvalue weighted by Gasteiger charge is -2.12. The van der Waals surface area contributed by atoms with Gasteiger partial charge >= 0.3 is 0 Å². The number of carbonyl (C=O) groups excluding carboxylic acids is 1. The average molecular weight is 387 g/mol. The number of hydrogen-bond acceptors (Lipinski definition) is 4. The highest BCUT2D eigenvalue weighted by atomic mass is 35.5. The van der Waals surface area contributed by atoms with Crippen molar-refractivity contribution in [3.8, 4) is 0 Å². The monoisotopic (exact) mass is 386 g/mol. The van der Waals surface area contributed by atoms with E-state index in [2.05, 4.69) is 10.4 Å². The second-order valence-corrected chi connectivity index (χ2v) is 6.95. The summed E-state index contributed by atoms with van der Waals surface area (Å²) in [6.45, 7) is 6.68. The van der Waals surface area contributed by atoms with E-state index in [-0.39, 0.29) is 5.91 Å². The maximum Gasteiger partial charge on any atom is 0.257 e. The molecule has 0 aliphatic rings. The fraction of sp³-hybridized carbons (Fsp3) is 0.350. The van der Waals surface area contributed by atoms with Crippen LogP contribution in [0.15, 0.2) is 24.3 Å². The van der Waals surface area contributed by atoms with Gasteiger partial charge in [-0.1, -0.05) is 23.7 Å². The van der Waals surface area contributed by atoms with Crippen LogP contribution in [0.3, 0.4) is 0 Å². The number of rotatable bonds is 6. The van der Waals surface area contributed by atoms with Gasteiger partial charge in [-0.05, 0) is 44.0 Å². The number of nitrogens with one attached hydrogen (secondary N) is 1. The van der Waals surface area contributed by atoms with Gasteiger partial charge in [-0.2, -0.15) is 5.10 Å². The number of aryl methyl sites for hydroxylation is 3. The number of methoxy groups -OCH3 is 1. The summed E-state index contributed by atoms with van der Waals surface area (Å²) in [5.41, 5.74) is 5.77. The Balaban J connectivity index is 2.01.